The smallest absolute Gasteiger partial charge is 0.257 e. The van der Waals surface area contributed by atoms with Gasteiger partial charge in [-0.15, -0.1) is 0 Å². The van der Waals surface area contributed by atoms with Crippen molar-refractivity contribution >= 4 is 17.5 Å². The van der Waals surface area contributed by atoms with Crippen molar-refractivity contribution in [1.82, 2.24) is 10.6 Å². The van der Waals surface area contributed by atoms with E-state index in [1.165, 1.54) is 0 Å². The lowest BCUT2D eigenvalue weighted by Crippen LogP contribution is -2.28. The maximum absolute atomic E-state index is 11.3. The maximum Gasteiger partial charge on any atom is 0.257 e. The Balaban J connectivity index is 2.64. The van der Waals surface area contributed by atoms with E-state index in [4.69, 9.17) is 16.3 Å². The number of benzene rings is 1. The van der Waals surface area contributed by atoms with Crippen molar-refractivity contribution < 1.29 is 9.53 Å². The van der Waals surface area contributed by atoms with Crippen molar-refractivity contribution in [3.8, 4) is 5.75 Å². The largest absolute Gasteiger partial charge is 0.482 e. The van der Waals surface area contributed by atoms with Gasteiger partial charge in [-0.1, -0.05) is 24.6 Å². The van der Waals surface area contributed by atoms with Gasteiger partial charge in [0.15, 0.2) is 6.61 Å². The molecule has 1 rings (SSSR count). The molecule has 0 saturated heterocycles. The van der Waals surface area contributed by atoms with E-state index in [9.17, 15) is 4.79 Å². The van der Waals surface area contributed by atoms with Gasteiger partial charge in [-0.3, -0.25) is 4.79 Å². The Morgan fingerprint density at radius 2 is 2.11 bits per heavy atom. The number of amides is 1. The molecule has 0 bridgehead atoms. The number of hydrogen-bond acceptors (Lipinski definition) is 3. The van der Waals surface area contributed by atoms with E-state index < -0.39 is 0 Å². The number of ether oxygens (including phenoxy) is 1. The van der Waals surface area contributed by atoms with E-state index in [0.717, 1.165) is 12.1 Å². The molecule has 0 radical (unpaired) electrons. The average molecular weight is 285 g/mol. The van der Waals surface area contributed by atoms with E-state index in [2.05, 4.69) is 24.5 Å². The summed E-state index contributed by atoms with van der Waals surface area (Å²) in [4.78, 5) is 11.3. The van der Waals surface area contributed by atoms with E-state index >= 15 is 0 Å². The molecule has 19 heavy (non-hydrogen) atoms. The molecule has 1 aromatic carbocycles. The Labute approximate surface area is 119 Å². The van der Waals surface area contributed by atoms with Crippen LogP contribution in [0.5, 0.6) is 5.75 Å². The number of rotatable bonds is 7. The van der Waals surface area contributed by atoms with E-state index in [0.29, 0.717) is 17.3 Å². The number of carbonyl (C=O) groups excluding carboxylic acids is 1. The van der Waals surface area contributed by atoms with Gasteiger partial charge in [0.1, 0.15) is 5.75 Å². The molecule has 0 aliphatic carbocycles. The molecule has 0 heterocycles. The summed E-state index contributed by atoms with van der Waals surface area (Å²) in [6, 6.07) is 5.85. The highest BCUT2D eigenvalue weighted by atomic mass is 35.5. The number of nitrogens with one attached hydrogen (secondary N) is 2. The highest BCUT2D eigenvalue weighted by Gasteiger charge is 2.09. The van der Waals surface area contributed by atoms with Crippen LogP contribution in [0, 0.1) is 0 Å². The number of carbonyl (C=O) groups is 1. The molecule has 1 aromatic rings. The first-order valence-corrected chi connectivity index (χ1v) is 6.88. The lowest BCUT2D eigenvalue weighted by atomic mass is 10.1. The summed E-state index contributed by atoms with van der Waals surface area (Å²) in [6.07, 6.45) is 0. The van der Waals surface area contributed by atoms with Gasteiger partial charge >= 0.3 is 0 Å². The third-order valence-corrected chi connectivity index (χ3v) is 2.99. The van der Waals surface area contributed by atoms with Crippen LogP contribution in [-0.2, 0) is 4.79 Å². The van der Waals surface area contributed by atoms with Crippen LogP contribution in [0.3, 0.4) is 0 Å². The number of halogens is 1. The first kappa shape index (κ1) is 15.8. The van der Waals surface area contributed by atoms with Crippen molar-refractivity contribution in [2.75, 3.05) is 19.7 Å². The fourth-order valence-electron chi connectivity index (χ4n) is 1.72. The fraction of sp³-hybridized carbons (Fsp3) is 0.500. The molecule has 106 valence electrons. The van der Waals surface area contributed by atoms with Crippen LogP contribution in [0.4, 0.5) is 0 Å². The minimum atomic E-state index is -0.149. The zero-order valence-corrected chi connectivity index (χ0v) is 12.4. The van der Waals surface area contributed by atoms with Crippen molar-refractivity contribution in [2.45, 2.75) is 26.8 Å². The Morgan fingerprint density at radius 3 is 2.68 bits per heavy atom. The van der Waals surface area contributed by atoms with Crippen molar-refractivity contribution in [2.24, 2.45) is 0 Å². The Hall–Kier alpha value is -1.26. The summed E-state index contributed by atoms with van der Waals surface area (Å²) >= 11 is 6.15. The normalized spacial score (nSPS) is 12.0. The Kier molecular flexibility index (Phi) is 6.67. The Bertz CT molecular complexity index is 424. The zero-order chi connectivity index (χ0) is 14.3. The highest BCUT2D eigenvalue weighted by Crippen LogP contribution is 2.27. The quantitative estimate of drug-likeness (QED) is 0.809. The molecule has 0 aliphatic heterocycles. The molecule has 2 N–H and O–H groups in total. The summed E-state index contributed by atoms with van der Waals surface area (Å²) in [7, 11) is 0. The minimum Gasteiger partial charge on any atom is -0.482 e. The van der Waals surface area contributed by atoms with Crippen molar-refractivity contribution in [1.29, 1.82) is 0 Å². The summed E-state index contributed by atoms with van der Waals surface area (Å²) in [5.41, 5.74) is 1.09. The molecule has 1 atom stereocenters. The summed E-state index contributed by atoms with van der Waals surface area (Å²) in [6.45, 7) is 7.47. The fourth-order valence-corrected chi connectivity index (χ4v) is 1.96. The average Bonchev–Trinajstić information content (AvgIpc) is 2.38. The van der Waals surface area contributed by atoms with Crippen LogP contribution < -0.4 is 15.4 Å². The van der Waals surface area contributed by atoms with E-state index in [1.807, 2.05) is 19.1 Å². The van der Waals surface area contributed by atoms with Crippen LogP contribution in [-0.4, -0.2) is 25.6 Å². The van der Waals surface area contributed by atoms with Gasteiger partial charge in [-0.25, -0.2) is 0 Å². The third-order valence-electron chi connectivity index (χ3n) is 2.70. The SMILES string of the molecule is CCNC(=O)COc1ccc(C(C)NCC)cc1Cl. The lowest BCUT2D eigenvalue weighted by Gasteiger charge is -2.14. The minimum absolute atomic E-state index is 0.0182. The number of likely N-dealkylation sites (N-methyl/N-ethyl adjacent to an activating group) is 1. The second-order valence-corrected chi connectivity index (χ2v) is 4.62. The zero-order valence-electron chi connectivity index (χ0n) is 11.6. The van der Waals surface area contributed by atoms with Gasteiger partial charge in [0.2, 0.25) is 0 Å². The number of hydrogen-bond donors (Lipinski definition) is 2. The molecule has 0 spiro atoms. The molecular weight excluding hydrogens is 264 g/mol. The van der Waals surface area contributed by atoms with Crippen LogP contribution in [0.2, 0.25) is 5.02 Å². The Morgan fingerprint density at radius 1 is 1.37 bits per heavy atom. The summed E-state index contributed by atoms with van der Waals surface area (Å²) in [5, 5.41) is 6.50. The molecule has 1 unspecified atom stereocenters. The van der Waals surface area contributed by atoms with Crippen LogP contribution >= 0.6 is 11.6 Å². The van der Waals surface area contributed by atoms with Gasteiger partial charge in [0, 0.05) is 12.6 Å². The summed E-state index contributed by atoms with van der Waals surface area (Å²) < 4.78 is 5.38. The molecule has 0 aliphatic rings. The first-order chi connectivity index (χ1) is 9.08. The van der Waals surface area contributed by atoms with Gasteiger partial charge < -0.3 is 15.4 Å². The topological polar surface area (TPSA) is 50.4 Å². The third kappa shape index (κ3) is 5.09. The van der Waals surface area contributed by atoms with Crippen LogP contribution in [0.15, 0.2) is 18.2 Å². The van der Waals surface area contributed by atoms with Gasteiger partial charge in [-0.2, -0.15) is 0 Å². The predicted octanol–water partition coefficient (Wildman–Crippen LogP) is 2.53. The standard InChI is InChI=1S/C14H21ClN2O2/c1-4-16-10(3)11-6-7-13(12(15)8-11)19-9-14(18)17-5-2/h6-8,10,16H,4-5,9H2,1-3H3,(H,17,18). The van der Waals surface area contributed by atoms with Gasteiger partial charge in [-0.05, 0) is 38.1 Å². The van der Waals surface area contributed by atoms with Gasteiger partial charge in [0.05, 0.1) is 5.02 Å². The first-order valence-electron chi connectivity index (χ1n) is 6.50. The maximum atomic E-state index is 11.3. The highest BCUT2D eigenvalue weighted by molar-refractivity contribution is 6.32. The molecule has 1 amide bonds. The predicted molar refractivity (Wildman–Crippen MR) is 77.7 cm³/mol. The summed E-state index contributed by atoms with van der Waals surface area (Å²) in [5.74, 6) is 0.379. The molecule has 5 heteroatoms. The van der Waals surface area contributed by atoms with E-state index in [1.54, 1.807) is 6.07 Å². The second kappa shape index (κ2) is 8.02. The monoisotopic (exact) mass is 284 g/mol. The lowest BCUT2D eigenvalue weighted by molar-refractivity contribution is -0.122. The molecule has 4 nitrogen and oxygen atoms in total. The van der Waals surface area contributed by atoms with Crippen molar-refractivity contribution in [3.63, 3.8) is 0 Å². The molecule has 0 aromatic heterocycles. The molecular formula is C14H21ClN2O2. The second-order valence-electron chi connectivity index (χ2n) is 4.21. The van der Waals surface area contributed by atoms with Crippen molar-refractivity contribution in [3.05, 3.63) is 28.8 Å². The van der Waals surface area contributed by atoms with Gasteiger partial charge in [0.25, 0.3) is 5.91 Å². The van der Waals surface area contributed by atoms with E-state index in [-0.39, 0.29) is 18.6 Å². The van der Waals surface area contributed by atoms with Crippen LogP contribution in [0.1, 0.15) is 32.4 Å². The molecule has 0 saturated carbocycles. The van der Waals surface area contributed by atoms with Crippen LogP contribution in [0.25, 0.3) is 0 Å². The molecule has 0 fully saturated rings.